The molecule has 2 amide bonds. The number of hydrogen-bond donors (Lipinski definition) is 2. The van der Waals surface area contributed by atoms with Crippen LogP contribution in [0.4, 0.5) is 4.79 Å². The highest BCUT2D eigenvalue weighted by molar-refractivity contribution is 5.74. The highest BCUT2D eigenvalue weighted by Gasteiger charge is 2.15. The fraction of sp³-hybridized carbons (Fsp3) is 0.769. The van der Waals surface area contributed by atoms with Crippen molar-refractivity contribution in [2.45, 2.75) is 44.6 Å². The predicted octanol–water partition coefficient (Wildman–Crippen LogP) is 1.97. The Hall–Kier alpha value is -1.03. The van der Waals surface area contributed by atoms with Gasteiger partial charge in [-0.05, 0) is 38.5 Å². The Morgan fingerprint density at radius 1 is 1.41 bits per heavy atom. The topological polar surface area (TPSA) is 50.4 Å². The maximum atomic E-state index is 11.6. The van der Waals surface area contributed by atoms with Gasteiger partial charge in [-0.3, -0.25) is 0 Å². The van der Waals surface area contributed by atoms with Crippen LogP contribution in [0.25, 0.3) is 0 Å². The largest absolute Gasteiger partial charge is 0.381 e. The van der Waals surface area contributed by atoms with Crippen LogP contribution in [0, 0.1) is 0 Å². The molecule has 0 bridgehead atoms. The van der Waals surface area contributed by atoms with Crippen LogP contribution in [0.2, 0.25) is 0 Å². The zero-order valence-corrected chi connectivity index (χ0v) is 10.3. The number of carbonyl (C=O) groups is 1. The quantitative estimate of drug-likeness (QED) is 0.736. The van der Waals surface area contributed by atoms with E-state index in [1.54, 1.807) is 0 Å². The van der Waals surface area contributed by atoms with Crippen molar-refractivity contribution in [3.63, 3.8) is 0 Å². The predicted molar refractivity (Wildman–Crippen MR) is 66.9 cm³/mol. The van der Waals surface area contributed by atoms with Gasteiger partial charge in [-0.15, -0.1) is 0 Å². The lowest BCUT2D eigenvalue weighted by molar-refractivity contribution is 0.0801. The van der Waals surface area contributed by atoms with E-state index in [1.165, 1.54) is 24.8 Å². The molecule has 2 N–H and O–H groups in total. The number of hydrogen-bond acceptors (Lipinski definition) is 2. The van der Waals surface area contributed by atoms with Crippen molar-refractivity contribution in [2.75, 3.05) is 19.8 Å². The van der Waals surface area contributed by atoms with Crippen LogP contribution in [-0.2, 0) is 4.74 Å². The zero-order chi connectivity index (χ0) is 11.9. The number of ether oxygens (including phenoxy) is 1. The minimum atomic E-state index is -0.0319. The van der Waals surface area contributed by atoms with Crippen molar-refractivity contribution in [3.8, 4) is 0 Å². The van der Waals surface area contributed by atoms with Gasteiger partial charge in [0.05, 0.1) is 0 Å². The summed E-state index contributed by atoms with van der Waals surface area (Å²) in [6, 6.07) is 0.255. The van der Waals surface area contributed by atoms with Gasteiger partial charge in [0.1, 0.15) is 0 Å². The second-order valence-electron chi connectivity index (χ2n) is 4.79. The molecule has 2 rings (SSSR count). The molecule has 4 heteroatoms. The molecular weight excluding hydrogens is 216 g/mol. The second-order valence-corrected chi connectivity index (χ2v) is 4.79. The van der Waals surface area contributed by atoms with Crippen LogP contribution in [0.1, 0.15) is 38.5 Å². The number of urea groups is 1. The molecule has 0 unspecified atom stereocenters. The molecule has 1 fully saturated rings. The Labute approximate surface area is 103 Å². The Balaban J connectivity index is 1.56. The van der Waals surface area contributed by atoms with E-state index in [1.807, 2.05) is 0 Å². The molecule has 1 aliphatic carbocycles. The monoisotopic (exact) mass is 238 g/mol. The molecule has 0 aromatic rings. The third-order valence-electron chi connectivity index (χ3n) is 3.42. The van der Waals surface area contributed by atoms with E-state index in [0.29, 0.717) is 0 Å². The summed E-state index contributed by atoms with van der Waals surface area (Å²) >= 11 is 0. The van der Waals surface area contributed by atoms with Gasteiger partial charge in [0, 0.05) is 25.8 Å². The highest BCUT2D eigenvalue weighted by atomic mass is 16.5. The SMILES string of the molecule is O=C(NCCC1=CCCC1)NC1CCOCC1. The summed E-state index contributed by atoms with van der Waals surface area (Å²) in [5.41, 5.74) is 1.50. The summed E-state index contributed by atoms with van der Waals surface area (Å²) in [4.78, 5) is 11.6. The van der Waals surface area contributed by atoms with E-state index >= 15 is 0 Å². The molecule has 4 nitrogen and oxygen atoms in total. The van der Waals surface area contributed by atoms with Crippen molar-refractivity contribution in [2.24, 2.45) is 0 Å². The summed E-state index contributed by atoms with van der Waals surface area (Å²) in [5, 5.41) is 5.92. The Kier molecular flexibility index (Phi) is 4.86. The van der Waals surface area contributed by atoms with Crippen LogP contribution in [0.3, 0.4) is 0 Å². The average molecular weight is 238 g/mol. The fourth-order valence-electron chi connectivity index (χ4n) is 2.38. The normalized spacial score (nSPS) is 21.1. The maximum absolute atomic E-state index is 11.6. The van der Waals surface area contributed by atoms with Crippen LogP contribution < -0.4 is 10.6 Å². The van der Waals surface area contributed by atoms with Gasteiger partial charge in [-0.1, -0.05) is 11.6 Å². The van der Waals surface area contributed by atoms with E-state index in [2.05, 4.69) is 16.7 Å². The average Bonchev–Trinajstić information content (AvgIpc) is 2.83. The van der Waals surface area contributed by atoms with Crippen LogP contribution >= 0.6 is 0 Å². The smallest absolute Gasteiger partial charge is 0.315 e. The van der Waals surface area contributed by atoms with Crippen molar-refractivity contribution in [1.29, 1.82) is 0 Å². The zero-order valence-electron chi connectivity index (χ0n) is 10.3. The van der Waals surface area contributed by atoms with E-state index in [9.17, 15) is 4.79 Å². The number of allylic oxidation sites excluding steroid dienone is 1. The first kappa shape index (κ1) is 12.4. The molecule has 0 atom stereocenters. The summed E-state index contributed by atoms with van der Waals surface area (Å²) in [7, 11) is 0. The van der Waals surface area contributed by atoms with E-state index in [4.69, 9.17) is 4.74 Å². The highest BCUT2D eigenvalue weighted by Crippen LogP contribution is 2.19. The van der Waals surface area contributed by atoms with Gasteiger partial charge in [0.15, 0.2) is 0 Å². The van der Waals surface area contributed by atoms with E-state index < -0.39 is 0 Å². The van der Waals surface area contributed by atoms with Gasteiger partial charge >= 0.3 is 6.03 Å². The summed E-state index contributed by atoms with van der Waals surface area (Å²) < 4.78 is 5.25. The van der Waals surface area contributed by atoms with E-state index in [-0.39, 0.29) is 12.1 Å². The van der Waals surface area contributed by atoms with Crippen LogP contribution in [0.15, 0.2) is 11.6 Å². The molecule has 0 spiro atoms. The third-order valence-corrected chi connectivity index (χ3v) is 3.42. The van der Waals surface area contributed by atoms with E-state index in [0.717, 1.165) is 39.0 Å². The van der Waals surface area contributed by atoms with Crippen molar-refractivity contribution in [3.05, 3.63) is 11.6 Å². The van der Waals surface area contributed by atoms with Crippen molar-refractivity contribution < 1.29 is 9.53 Å². The molecule has 0 aromatic heterocycles. The molecule has 0 radical (unpaired) electrons. The number of carbonyl (C=O) groups excluding carboxylic acids is 1. The van der Waals surface area contributed by atoms with Gasteiger partial charge in [-0.25, -0.2) is 4.79 Å². The lowest BCUT2D eigenvalue weighted by atomic mass is 10.1. The Morgan fingerprint density at radius 2 is 2.24 bits per heavy atom. The number of amides is 2. The standard InChI is InChI=1S/C13H22N2O2/c16-13(15-12-6-9-17-10-7-12)14-8-5-11-3-1-2-4-11/h3,12H,1-2,4-10H2,(H2,14,15,16). The first-order valence-corrected chi connectivity index (χ1v) is 6.64. The summed E-state index contributed by atoms with van der Waals surface area (Å²) in [6.07, 6.45) is 8.87. The molecule has 0 aromatic carbocycles. The van der Waals surface area contributed by atoms with Crippen molar-refractivity contribution >= 4 is 6.03 Å². The molecule has 96 valence electrons. The fourth-order valence-corrected chi connectivity index (χ4v) is 2.38. The number of rotatable bonds is 4. The molecular formula is C13H22N2O2. The van der Waals surface area contributed by atoms with Gasteiger partial charge < -0.3 is 15.4 Å². The van der Waals surface area contributed by atoms with Gasteiger partial charge in [0.2, 0.25) is 0 Å². The molecule has 1 aliphatic heterocycles. The Morgan fingerprint density at radius 3 is 2.94 bits per heavy atom. The molecule has 17 heavy (non-hydrogen) atoms. The van der Waals surface area contributed by atoms with Crippen molar-refractivity contribution in [1.82, 2.24) is 10.6 Å². The first-order chi connectivity index (χ1) is 8.34. The molecule has 2 aliphatic rings. The Bertz CT molecular complexity index is 283. The molecule has 1 saturated heterocycles. The van der Waals surface area contributed by atoms with Crippen LogP contribution in [0.5, 0.6) is 0 Å². The second kappa shape index (κ2) is 6.64. The summed E-state index contributed by atoms with van der Waals surface area (Å²) in [5.74, 6) is 0. The minimum Gasteiger partial charge on any atom is -0.381 e. The maximum Gasteiger partial charge on any atom is 0.315 e. The van der Waals surface area contributed by atoms with Crippen LogP contribution in [-0.4, -0.2) is 31.8 Å². The molecule has 0 saturated carbocycles. The third kappa shape index (κ3) is 4.38. The number of nitrogens with one attached hydrogen (secondary N) is 2. The first-order valence-electron chi connectivity index (χ1n) is 6.64. The molecule has 1 heterocycles. The van der Waals surface area contributed by atoms with Gasteiger partial charge in [0.25, 0.3) is 0 Å². The summed E-state index contributed by atoms with van der Waals surface area (Å²) in [6.45, 7) is 2.27. The lowest BCUT2D eigenvalue weighted by Crippen LogP contribution is -2.44. The minimum absolute atomic E-state index is 0.0319. The van der Waals surface area contributed by atoms with Gasteiger partial charge in [-0.2, -0.15) is 0 Å². The lowest BCUT2D eigenvalue weighted by Gasteiger charge is -2.23.